The average molecular weight is 573 g/mol. The van der Waals surface area contributed by atoms with E-state index in [1.54, 1.807) is 26.0 Å². The molecule has 10 nitrogen and oxygen atoms in total. The van der Waals surface area contributed by atoms with Gasteiger partial charge in [-0.3, -0.25) is 19.2 Å². The lowest BCUT2D eigenvalue weighted by atomic mass is 9.79. The van der Waals surface area contributed by atoms with Crippen molar-refractivity contribution in [3.63, 3.8) is 0 Å². The Bertz CT molecular complexity index is 1490. The first-order valence-electron chi connectivity index (χ1n) is 13.7. The van der Waals surface area contributed by atoms with Gasteiger partial charge in [0.25, 0.3) is 0 Å². The van der Waals surface area contributed by atoms with E-state index in [2.05, 4.69) is 10.6 Å². The minimum absolute atomic E-state index is 0.0805. The number of amides is 2. The van der Waals surface area contributed by atoms with Gasteiger partial charge < -0.3 is 20.1 Å². The lowest BCUT2D eigenvalue weighted by Gasteiger charge is -2.25. The summed E-state index contributed by atoms with van der Waals surface area (Å²) in [5, 5.41) is 6.76. The van der Waals surface area contributed by atoms with Gasteiger partial charge >= 0.3 is 11.9 Å². The Morgan fingerprint density at radius 3 is 1.33 bits per heavy atom. The van der Waals surface area contributed by atoms with Gasteiger partial charge in [0.2, 0.25) is 11.8 Å². The Balaban J connectivity index is 1.87. The zero-order chi connectivity index (χ0) is 30.6. The van der Waals surface area contributed by atoms with Crippen LogP contribution in [0.4, 0.5) is 0 Å². The minimum atomic E-state index is -1.10. The third-order valence-corrected chi connectivity index (χ3v) is 6.95. The van der Waals surface area contributed by atoms with Gasteiger partial charge in [-0.1, -0.05) is 24.3 Å². The Labute approximate surface area is 242 Å². The molecule has 0 bridgehead atoms. The topological polar surface area (TPSA) is 145 Å². The maximum atomic E-state index is 13.8. The SMILES string of the molecule is CCOC(=O)C(Cc1cc2c(cc1CC(NC(C)=O)C(=O)OCC)C(=O)c1cc3ccccc3cc1C2=O)NC(C)=O. The first-order chi connectivity index (χ1) is 20.0. The average Bonchev–Trinajstić information content (AvgIpc) is 2.94. The number of carbonyl (C=O) groups excluding carboxylic acids is 6. The lowest BCUT2D eigenvalue weighted by molar-refractivity contribution is -0.147. The number of ketones is 2. The minimum Gasteiger partial charge on any atom is -0.464 e. The van der Waals surface area contributed by atoms with Crippen molar-refractivity contribution in [3.05, 3.63) is 81.9 Å². The van der Waals surface area contributed by atoms with E-state index in [1.807, 2.05) is 24.3 Å². The molecule has 2 amide bonds. The molecular weight excluding hydrogens is 540 g/mol. The highest BCUT2D eigenvalue weighted by Gasteiger charge is 2.33. The van der Waals surface area contributed by atoms with Crippen molar-refractivity contribution in [2.75, 3.05) is 13.2 Å². The first-order valence-corrected chi connectivity index (χ1v) is 13.7. The van der Waals surface area contributed by atoms with E-state index in [-0.39, 0.29) is 59.9 Å². The number of fused-ring (bicyclic) bond motifs is 3. The van der Waals surface area contributed by atoms with E-state index >= 15 is 0 Å². The largest absolute Gasteiger partial charge is 0.464 e. The van der Waals surface area contributed by atoms with Crippen molar-refractivity contribution in [2.24, 2.45) is 0 Å². The van der Waals surface area contributed by atoms with Crippen LogP contribution in [0.3, 0.4) is 0 Å². The van der Waals surface area contributed by atoms with Gasteiger partial charge in [-0.25, -0.2) is 9.59 Å². The second-order valence-electron chi connectivity index (χ2n) is 9.99. The summed E-state index contributed by atoms with van der Waals surface area (Å²) < 4.78 is 10.3. The number of esters is 2. The molecule has 218 valence electrons. The van der Waals surface area contributed by atoms with Crippen LogP contribution in [0.2, 0.25) is 0 Å². The Morgan fingerprint density at radius 2 is 1.00 bits per heavy atom. The fourth-order valence-electron chi connectivity index (χ4n) is 5.15. The monoisotopic (exact) mass is 572 g/mol. The summed E-state index contributed by atoms with van der Waals surface area (Å²) in [4.78, 5) is 77.0. The summed E-state index contributed by atoms with van der Waals surface area (Å²) in [7, 11) is 0. The molecule has 10 heteroatoms. The summed E-state index contributed by atoms with van der Waals surface area (Å²) in [6.45, 7) is 5.95. The number of carbonyl (C=O) groups is 6. The highest BCUT2D eigenvalue weighted by Crippen LogP contribution is 2.33. The van der Waals surface area contributed by atoms with Crippen molar-refractivity contribution in [1.82, 2.24) is 10.6 Å². The molecule has 3 aromatic rings. The standard InChI is InChI=1S/C32H32N2O8/c1-5-41-31(39)27(33-17(3)35)15-21-13-25-26(14-22(21)16-28(34-18(4)36)32(40)42-6-2)30(38)24-12-20-10-8-7-9-19(20)11-23(24)29(25)37/h7-14,27-28H,5-6,15-16H2,1-4H3,(H,33,35)(H,34,36). The third-order valence-electron chi connectivity index (χ3n) is 6.95. The second kappa shape index (κ2) is 12.8. The van der Waals surface area contributed by atoms with Gasteiger partial charge in [0, 0.05) is 48.9 Å². The maximum Gasteiger partial charge on any atom is 0.328 e. The lowest BCUT2D eigenvalue weighted by Crippen LogP contribution is -2.44. The summed E-state index contributed by atoms with van der Waals surface area (Å²) in [5.41, 5.74) is 1.64. The number of ether oxygens (including phenoxy) is 2. The van der Waals surface area contributed by atoms with Crippen LogP contribution in [-0.2, 0) is 41.5 Å². The Hall–Kier alpha value is -4.86. The van der Waals surface area contributed by atoms with E-state index in [0.717, 1.165) is 10.8 Å². The molecule has 0 saturated carbocycles. The molecule has 0 spiro atoms. The Morgan fingerprint density at radius 1 is 0.643 bits per heavy atom. The van der Waals surface area contributed by atoms with Gasteiger partial charge in [-0.15, -0.1) is 0 Å². The molecule has 3 aromatic carbocycles. The van der Waals surface area contributed by atoms with Gasteiger partial charge in [0.05, 0.1) is 13.2 Å². The molecule has 0 saturated heterocycles. The molecule has 2 atom stereocenters. The normalized spacial score (nSPS) is 13.4. The molecule has 2 unspecified atom stereocenters. The Kier molecular flexibility index (Phi) is 9.15. The summed E-state index contributed by atoms with van der Waals surface area (Å²) >= 11 is 0. The number of nitrogens with one attached hydrogen (secondary N) is 2. The molecule has 0 heterocycles. The van der Waals surface area contributed by atoms with Crippen LogP contribution >= 0.6 is 0 Å². The molecule has 0 fully saturated rings. The number of rotatable bonds is 10. The van der Waals surface area contributed by atoms with Gasteiger partial charge in [-0.05, 0) is 60.0 Å². The van der Waals surface area contributed by atoms with Crippen LogP contribution in [0.25, 0.3) is 10.8 Å². The summed E-state index contributed by atoms with van der Waals surface area (Å²) in [6, 6.07) is 11.6. The van der Waals surface area contributed by atoms with Crippen LogP contribution in [-0.4, -0.2) is 60.6 Å². The summed E-state index contributed by atoms with van der Waals surface area (Å²) in [5.74, 6) is -3.04. The predicted molar refractivity (Wildman–Crippen MR) is 153 cm³/mol. The third kappa shape index (κ3) is 6.38. The van der Waals surface area contributed by atoms with Crippen LogP contribution in [0.1, 0.15) is 70.7 Å². The maximum absolute atomic E-state index is 13.8. The van der Waals surface area contributed by atoms with Gasteiger partial charge in [-0.2, -0.15) is 0 Å². The van der Waals surface area contributed by atoms with Crippen LogP contribution in [0, 0.1) is 0 Å². The molecule has 1 aliphatic rings. The molecule has 0 aliphatic heterocycles. The molecule has 0 aromatic heterocycles. The zero-order valence-corrected chi connectivity index (χ0v) is 23.9. The molecule has 0 radical (unpaired) electrons. The van der Waals surface area contributed by atoms with Crippen molar-refractivity contribution in [1.29, 1.82) is 0 Å². The van der Waals surface area contributed by atoms with E-state index in [9.17, 15) is 28.8 Å². The quantitative estimate of drug-likeness (QED) is 0.276. The van der Waals surface area contributed by atoms with Gasteiger partial charge in [0.15, 0.2) is 11.6 Å². The molecule has 4 rings (SSSR count). The van der Waals surface area contributed by atoms with E-state index < -0.39 is 35.8 Å². The fraction of sp³-hybridized carbons (Fsp3) is 0.312. The van der Waals surface area contributed by atoms with Crippen LogP contribution < -0.4 is 10.6 Å². The molecular formula is C32H32N2O8. The molecule has 42 heavy (non-hydrogen) atoms. The molecule has 1 aliphatic carbocycles. The fourth-order valence-corrected chi connectivity index (χ4v) is 5.15. The van der Waals surface area contributed by atoms with Gasteiger partial charge in [0.1, 0.15) is 12.1 Å². The highest BCUT2D eigenvalue weighted by atomic mass is 16.5. The van der Waals surface area contributed by atoms with Crippen molar-refractivity contribution in [2.45, 2.75) is 52.6 Å². The van der Waals surface area contributed by atoms with Crippen LogP contribution in [0.5, 0.6) is 0 Å². The first kappa shape index (κ1) is 30.1. The second-order valence-corrected chi connectivity index (χ2v) is 9.99. The van der Waals surface area contributed by atoms with E-state index in [4.69, 9.17) is 9.47 Å². The zero-order valence-electron chi connectivity index (χ0n) is 23.9. The molecule has 2 N–H and O–H groups in total. The van der Waals surface area contributed by atoms with Crippen molar-refractivity contribution < 1.29 is 38.2 Å². The number of hydrogen-bond acceptors (Lipinski definition) is 8. The predicted octanol–water partition coefficient (Wildman–Crippen LogP) is 2.84. The van der Waals surface area contributed by atoms with E-state index in [1.165, 1.54) is 26.0 Å². The van der Waals surface area contributed by atoms with E-state index in [0.29, 0.717) is 11.1 Å². The smallest absolute Gasteiger partial charge is 0.328 e. The summed E-state index contributed by atoms with van der Waals surface area (Å²) in [6.07, 6.45) is -0.189. The number of hydrogen-bond donors (Lipinski definition) is 2. The van der Waals surface area contributed by atoms with Crippen LogP contribution in [0.15, 0.2) is 48.5 Å². The number of benzene rings is 3. The van der Waals surface area contributed by atoms with Crippen molar-refractivity contribution in [3.8, 4) is 0 Å². The van der Waals surface area contributed by atoms with Crippen molar-refractivity contribution >= 4 is 46.1 Å². The highest BCUT2D eigenvalue weighted by molar-refractivity contribution is 6.29.